The first-order chi connectivity index (χ1) is 5.63. The first-order valence-electron chi connectivity index (χ1n) is 2.82. The normalized spacial score (nSPS) is 13.7. The molecule has 68 valence electrons. The van der Waals surface area contributed by atoms with E-state index in [9.17, 15) is 9.59 Å². The SMILES string of the molecule is O=C(O)C(C(=O)O)=C1SC=CS1.[Ba+2].[H-].[H-]. The molecular formula is C6H6BaO4S2. The largest absolute Gasteiger partial charge is 2.00 e. The molecule has 0 fully saturated rings. The molecule has 1 heterocycles. The fourth-order valence-electron chi connectivity index (χ4n) is 0.591. The van der Waals surface area contributed by atoms with Crippen LogP contribution in [0, 0.1) is 0 Å². The predicted molar refractivity (Wildman–Crippen MR) is 54.6 cm³/mol. The van der Waals surface area contributed by atoms with E-state index < -0.39 is 17.5 Å². The van der Waals surface area contributed by atoms with Crippen LogP contribution >= 0.6 is 23.5 Å². The second-order valence-corrected chi connectivity index (χ2v) is 3.87. The van der Waals surface area contributed by atoms with Crippen LogP contribution < -0.4 is 0 Å². The van der Waals surface area contributed by atoms with Crippen LogP contribution in [0.15, 0.2) is 20.6 Å². The molecule has 1 aliphatic rings. The summed E-state index contributed by atoms with van der Waals surface area (Å²) in [5.41, 5.74) is -0.560. The van der Waals surface area contributed by atoms with Crippen LogP contribution in [-0.2, 0) is 9.59 Å². The van der Waals surface area contributed by atoms with Gasteiger partial charge in [-0.1, -0.05) is 23.5 Å². The Hall–Kier alpha value is 0.691. The van der Waals surface area contributed by atoms with E-state index >= 15 is 0 Å². The molecule has 0 saturated carbocycles. The molecule has 0 amide bonds. The summed E-state index contributed by atoms with van der Waals surface area (Å²) in [6.45, 7) is 0. The van der Waals surface area contributed by atoms with E-state index in [4.69, 9.17) is 10.2 Å². The Kier molecular flexibility index (Phi) is 6.56. The van der Waals surface area contributed by atoms with E-state index in [1.54, 1.807) is 10.8 Å². The molecule has 7 heteroatoms. The molecule has 0 spiro atoms. The molecule has 0 bridgehead atoms. The summed E-state index contributed by atoms with van der Waals surface area (Å²) in [5, 5.41) is 20.3. The number of carboxylic acid groups (broad SMARTS) is 2. The van der Waals surface area contributed by atoms with Crippen molar-refractivity contribution in [3.05, 3.63) is 20.6 Å². The minimum absolute atomic E-state index is 0. The van der Waals surface area contributed by atoms with Gasteiger partial charge in [-0.2, -0.15) is 0 Å². The number of carbonyl (C=O) groups is 2. The van der Waals surface area contributed by atoms with Crippen LogP contribution in [-0.4, -0.2) is 71.0 Å². The third-order valence-corrected chi connectivity index (χ3v) is 3.17. The summed E-state index contributed by atoms with van der Waals surface area (Å²) in [6.07, 6.45) is 0. The Morgan fingerprint density at radius 3 is 1.85 bits per heavy atom. The third kappa shape index (κ3) is 3.74. The summed E-state index contributed by atoms with van der Waals surface area (Å²) in [5.74, 6) is -2.80. The molecule has 0 atom stereocenters. The van der Waals surface area contributed by atoms with Crippen LogP contribution in [0.3, 0.4) is 0 Å². The van der Waals surface area contributed by atoms with Gasteiger partial charge < -0.3 is 13.1 Å². The van der Waals surface area contributed by atoms with Crippen molar-refractivity contribution < 1.29 is 22.7 Å². The minimum atomic E-state index is -1.40. The van der Waals surface area contributed by atoms with E-state index in [0.29, 0.717) is 4.24 Å². The second kappa shape index (κ2) is 6.23. The molecule has 1 aliphatic heterocycles. The minimum Gasteiger partial charge on any atom is -1.00 e. The first-order valence-corrected chi connectivity index (χ1v) is 4.58. The maximum atomic E-state index is 10.4. The Labute approximate surface area is 126 Å². The summed E-state index contributed by atoms with van der Waals surface area (Å²) in [4.78, 5) is 20.9. The van der Waals surface area contributed by atoms with Crippen molar-refractivity contribution in [3.63, 3.8) is 0 Å². The van der Waals surface area contributed by atoms with Crippen LogP contribution in [0.25, 0.3) is 0 Å². The number of thioether (sulfide) groups is 2. The van der Waals surface area contributed by atoms with Gasteiger partial charge in [0.1, 0.15) is 0 Å². The van der Waals surface area contributed by atoms with E-state index in [2.05, 4.69) is 0 Å². The van der Waals surface area contributed by atoms with Gasteiger partial charge in [-0.3, -0.25) is 0 Å². The molecule has 0 unspecified atom stereocenters. The smallest absolute Gasteiger partial charge is 1.00 e. The van der Waals surface area contributed by atoms with Gasteiger partial charge in [0.05, 0.1) is 4.24 Å². The van der Waals surface area contributed by atoms with Crippen LogP contribution in [0.4, 0.5) is 0 Å². The summed E-state index contributed by atoms with van der Waals surface area (Å²) in [6, 6.07) is 0. The fraction of sp³-hybridized carbons (Fsp3) is 0. The molecule has 0 radical (unpaired) electrons. The molecular weight excluding hydrogens is 338 g/mol. The Balaban J connectivity index is -0.000000480. The standard InChI is InChI=1S/C6H4O4S2.Ba.2H/c7-4(8)3(5(9)10)6-11-1-2-12-6;;;/h1-2H,(H,7,8)(H,9,10);;;/q;+2;2*-1. The fourth-order valence-corrected chi connectivity index (χ4v) is 2.42. The van der Waals surface area contributed by atoms with E-state index in [0.717, 1.165) is 23.5 Å². The zero-order valence-corrected chi connectivity index (χ0v) is 12.5. The topological polar surface area (TPSA) is 74.6 Å². The van der Waals surface area contributed by atoms with Gasteiger partial charge in [0.15, 0.2) is 5.57 Å². The molecule has 13 heavy (non-hydrogen) atoms. The van der Waals surface area contributed by atoms with Gasteiger partial charge in [0.2, 0.25) is 0 Å². The molecule has 0 saturated heterocycles. The van der Waals surface area contributed by atoms with Crippen LogP contribution in [0.1, 0.15) is 2.85 Å². The average molecular weight is 344 g/mol. The van der Waals surface area contributed by atoms with Gasteiger partial charge >= 0.3 is 60.8 Å². The van der Waals surface area contributed by atoms with E-state index in [1.165, 1.54) is 0 Å². The number of hydrogen-bond donors (Lipinski definition) is 2. The van der Waals surface area contributed by atoms with Crippen molar-refractivity contribution in [2.45, 2.75) is 0 Å². The number of rotatable bonds is 2. The third-order valence-electron chi connectivity index (χ3n) is 1.04. The quantitative estimate of drug-likeness (QED) is 0.339. The number of carboxylic acids is 2. The molecule has 0 aliphatic carbocycles. The number of hydrogen-bond acceptors (Lipinski definition) is 4. The monoisotopic (exact) mass is 344 g/mol. The van der Waals surface area contributed by atoms with Crippen LogP contribution in [0.2, 0.25) is 0 Å². The van der Waals surface area contributed by atoms with Gasteiger partial charge in [0.25, 0.3) is 0 Å². The maximum absolute atomic E-state index is 10.4. The second-order valence-electron chi connectivity index (χ2n) is 1.78. The molecule has 1 rings (SSSR count). The van der Waals surface area contributed by atoms with Gasteiger partial charge in [-0.15, -0.1) is 0 Å². The first kappa shape index (κ1) is 13.7. The summed E-state index contributed by atoms with van der Waals surface area (Å²) in [7, 11) is 0. The molecule has 2 N–H and O–H groups in total. The van der Waals surface area contributed by atoms with Crippen LogP contribution in [0.5, 0.6) is 0 Å². The summed E-state index contributed by atoms with van der Waals surface area (Å²) < 4.78 is 0.301. The maximum Gasteiger partial charge on any atom is 2.00 e. The van der Waals surface area contributed by atoms with Crippen molar-refractivity contribution in [1.82, 2.24) is 0 Å². The zero-order chi connectivity index (χ0) is 9.14. The van der Waals surface area contributed by atoms with E-state index in [1.807, 2.05) is 0 Å². The van der Waals surface area contributed by atoms with Crippen molar-refractivity contribution in [2.75, 3.05) is 0 Å². The van der Waals surface area contributed by atoms with Gasteiger partial charge in [0, 0.05) is 0 Å². The Morgan fingerprint density at radius 2 is 1.54 bits per heavy atom. The average Bonchev–Trinajstić information content (AvgIpc) is 2.37. The van der Waals surface area contributed by atoms with E-state index in [-0.39, 0.29) is 51.7 Å². The van der Waals surface area contributed by atoms with Crippen molar-refractivity contribution >= 4 is 84.3 Å². The summed E-state index contributed by atoms with van der Waals surface area (Å²) >= 11 is 2.22. The van der Waals surface area contributed by atoms with Crippen molar-refractivity contribution in [2.24, 2.45) is 0 Å². The van der Waals surface area contributed by atoms with Crippen molar-refractivity contribution in [3.8, 4) is 0 Å². The molecule has 0 aromatic heterocycles. The molecule has 4 nitrogen and oxygen atoms in total. The van der Waals surface area contributed by atoms with Gasteiger partial charge in [-0.05, 0) is 10.8 Å². The Bertz CT molecular complexity index is 280. The number of aliphatic carboxylic acids is 2. The van der Waals surface area contributed by atoms with Crippen molar-refractivity contribution in [1.29, 1.82) is 0 Å². The molecule has 0 aromatic carbocycles. The molecule has 0 aromatic rings. The zero-order valence-electron chi connectivity index (χ0n) is 8.39. The van der Waals surface area contributed by atoms with Gasteiger partial charge in [-0.25, -0.2) is 9.59 Å². The Morgan fingerprint density at radius 1 is 1.15 bits per heavy atom. The predicted octanol–water partition coefficient (Wildman–Crippen LogP) is 1.16.